The Balaban J connectivity index is 1.77. The molecule has 0 saturated heterocycles. The van der Waals surface area contributed by atoms with Crippen LogP contribution in [0.5, 0.6) is 0 Å². The van der Waals surface area contributed by atoms with E-state index in [2.05, 4.69) is 17.9 Å². The molecule has 1 aliphatic rings. The van der Waals surface area contributed by atoms with Crippen LogP contribution in [0.25, 0.3) is 5.57 Å². The van der Waals surface area contributed by atoms with Gasteiger partial charge < -0.3 is 15.3 Å². The second-order valence-corrected chi connectivity index (χ2v) is 14.6. The van der Waals surface area contributed by atoms with E-state index in [1.165, 1.54) is 0 Å². The van der Waals surface area contributed by atoms with Gasteiger partial charge in [0.2, 0.25) is 11.8 Å². The molecule has 0 bridgehead atoms. The van der Waals surface area contributed by atoms with Crippen molar-refractivity contribution in [2.24, 2.45) is 0 Å². The summed E-state index contributed by atoms with van der Waals surface area (Å²) >= 11 is 11.5. The van der Waals surface area contributed by atoms with E-state index in [0.717, 1.165) is 18.9 Å². The monoisotopic (exact) mass is 675 g/mol. The van der Waals surface area contributed by atoms with E-state index in [4.69, 9.17) is 11.6 Å². The number of allylic oxidation sites excluding steroid dienone is 2. The van der Waals surface area contributed by atoms with Crippen LogP contribution in [0.15, 0.2) is 78.4 Å². The van der Waals surface area contributed by atoms with E-state index in [1.807, 2.05) is 42.0 Å². The maximum Gasteiger partial charge on any atom is 0.262 e. The van der Waals surface area contributed by atoms with Gasteiger partial charge in [0.15, 0.2) is 4.21 Å². The lowest BCUT2D eigenvalue weighted by Gasteiger charge is -2.35. The van der Waals surface area contributed by atoms with Crippen LogP contribution in [-0.2, 0) is 30.8 Å². The van der Waals surface area contributed by atoms with Gasteiger partial charge in [-0.1, -0.05) is 97.8 Å². The second-order valence-electron chi connectivity index (χ2n) is 11.1. The highest BCUT2D eigenvalue weighted by Crippen LogP contribution is 2.45. The number of carbonyl (C=O) groups is 3. The minimum absolute atomic E-state index is 0.0476. The van der Waals surface area contributed by atoms with Crippen molar-refractivity contribution in [1.29, 1.82) is 0 Å². The average Bonchev–Trinajstić information content (AvgIpc) is 3.01. The van der Waals surface area contributed by atoms with E-state index in [9.17, 15) is 27.9 Å². The van der Waals surface area contributed by atoms with Gasteiger partial charge in [0.05, 0.1) is 0 Å². The van der Waals surface area contributed by atoms with Gasteiger partial charge >= 0.3 is 0 Å². The lowest BCUT2D eigenvalue weighted by molar-refractivity contribution is -0.131. The molecular formula is C33H42ClN3O6S2. The molecule has 0 spiro atoms. The van der Waals surface area contributed by atoms with Crippen molar-refractivity contribution >= 4 is 57.5 Å². The van der Waals surface area contributed by atoms with Crippen LogP contribution in [0.4, 0.5) is 0 Å². The maximum absolute atomic E-state index is 13.6. The van der Waals surface area contributed by atoms with Crippen molar-refractivity contribution in [1.82, 2.24) is 14.9 Å². The second kappa shape index (κ2) is 17.0. The number of aliphatic hydroxyl groups excluding tert-OH is 1. The Labute approximate surface area is 276 Å². The van der Waals surface area contributed by atoms with Gasteiger partial charge in [-0.3, -0.25) is 14.4 Å². The first-order chi connectivity index (χ1) is 21.4. The molecule has 0 saturated carbocycles. The van der Waals surface area contributed by atoms with Crippen molar-refractivity contribution in [2.45, 2.75) is 67.9 Å². The molecule has 3 atom stereocenters. The number of nitrogens with zero attached hydrogens (tertiary/aromatic N) is 1. The molecule has 0 heterocycles. The van der Waals surface area contributed by atoms with Gasteiger partial charge in [-0.15, -0.1) is 0 Å². The van der Waals surface area contributed by atoms with Gasteiger partial charge in [0.1, 0.15) is 6.10 Å². The van der Waals surface area contributed by atoms with Crippen molar-refractivity contribution in [3.8, 4) is 0 Å². The number of halogens is 1. The number of rotatable bonds is 16. The third-order valence-electron chi connectivity index (χ3n) is 7.42. The Kier molecular flexibility index (Phi) is 13.7. The zero-order valence-corrected chi connectivity index (χ0v) is 28.1. The molecule has 45 heavy (non-hydrogen) atoms. The summed E-state index contributed by atoms with van der Waals surface area (Å²) < 4.78 is 27.0. The van der Waals surface area contributed by atoms with Crippen LogP contribution < -0.4 is 10.0 Å². The number of benzene rings is 2. The van der Waals surface area contributed by atoms with E-state index in [0.29, 0.717) is 30.5 Å². The van der Waals surface area contributed by atoms with Crippen LogP contribution in [0.1, 0.15) is 57.1 Å². The highest BCUT2D eigenvalue weighted by molar-refractivity contribution is 7.93. The van der Waals surface area contributed by atoms with Crippen molar-refractivity contribution in [3.05, 3.63) is 89.5 Å². The first-order valence-corrected chi connectivity index (χ1v) is 17.4. The number of unbranched alkanes of at least 4 members (excludes halogenated alkanes) is 1. The van der Waals surface area contributed by atoms with Gasteiger partial charge in [0.25, 0.3) is 15.9 Å². The quantitative estimate of drug-likeness (QED) is 0.156. The van der Waals surface area contributed by atoms with Crippen molar-refractivity contribution in [3.63, 3.8) is 0 Å². The van der Waals surface area contributed by atoms with E-state index >= 15 is 0 Å². The molecule has 2 aromatic rings. The predicted octanol–water partition coefficient (Wildman–Crippen LogP) is 4.23. The summed E-state index contributed by atoms with van der Waals surface area (Å²) in [5, 5.41) is 12.5. The zero-order valence-electron chi connectivity index (χ0n) is 25.6. The molecule has 1 aliphatic carbocycles. The largest absolute Gasteiger partial charge is 0.384 e. The lowest BCUT2D eigenvalue weighted by atomic mass is 9.91. The summed E-state index contributed by atoms with van der Waals surface area (Å²) in [5.41, 5.74) is 2.44. The standard InChI is InChI=1S/C33H42ClN3O6S2/c1-3-4-15-31(40)37(19-18-30(39)35-22-28(44)20-25-11-7-5-8-12-25)23-26-16-17-29(27-13-9-6-10-14-27)33(34,21-26)45(42,43)36-32(41)24(2)38/h5-14,16-17,24,28,38,44H,3-4,15,18-23H2,1-2H3,(H,35,39)(H,36,41)/t24-,28+,33?/m0/s1. The molecule has 3 rings (SSSR count). The SMILES string of the molecule is CCCCC(=O)N(CCC(=O)NC[C@H](S)Cc1ccccc1)CC1=CC=C(c2ccccc2)C(Cl)(S(=O)(=O)NC(=O)[C@H](C)O)C1. The van der Waals surface area contributed by atoms with Crippen molar-refractivity contribution < 1.29 is 27.9 Å². The Hall–Kier alpha value is -3.12. The van der Waals surface area contributed by atoms with Crippen LogP contribution in [0.2, 0.25) is 0 Å². The van der Waals surface area contributed by atoms with Gasteiger partial charge in [-0.2, -0.15) is 12.6 Å². The summed E-state index contributed by atoms with van der Waals surface area (Å²) in [4.78, 5) is 39.8. The topological polar surface area (TPSA) is 133 Å². The Bertz CT molecular complexity index is 1480. The summed E-state index contributed by atoms with van der Waals surface area (Å²) in [6.07, 6.45) is 4.00. The molecule has 3 amide bonds. The van der Waals surface area contributed by atoms with Crippen molar-refractivity contribution in [2.75, 3.05) is 19.6 Å². The molecule has 1 unspecified atom stereocenters. The molecule has 0 aromatic heterocycles. The number of nitrogens with one attached hydrogen (secondary N) is 2. The predicted molar refractivity (Wildman–Crippen MR) is 181 cm³/mol. The van der Waals surface area contributed by atoms with E-state index < -0.39 is 26.2 Å². The number of hydrogen-bond acceptors (Lipinski definition) is 7. The fourth-order valence-electron chi connectivity index (χ4n) is 4.89. The van der Waals surface area contributed by atoms with Crippen LogP contribution in [-0.4, -0.2) is 71.3 Å². The summed E-state index contributed by atoms with van der Waals surface area (Å²) in [6, 6.07) is 18.5. The Morgan fingerprint density at radius 3 is 2.31 bits per heavy atom. The number of hydrogen-bond donors (Lipinski definition) is 4. The fraction of sp³-hybridized carbons (Fsp3) is 0.424. The number of sulfonamides is 1. The van der Waals surface area contributed by atoms with Gasteiger partial charge in [-0.25, -0.2) is 13.1 Å². The van der Waals surface area contributed by atoms with E-state index in [-0.39, 0.29) is 55.0 Å². The first-order valence-electron chi connectivity index (χ1n) is 15.0. The number of alkyl halides is 1. The molecule has 0 aliphatic heterocycles. The Morgan fingerprint density at radius 1 is 1.04 bits per heavy atom. The molecule has 0 fully saturated rings. The normalized spacial score (nSPS) is 17.8. The number of carbonyl (C=O) groups excluding carboxylic acids is 3. The average molecular weight is 676 g/mol. The first kappa shape index (κ1) is 36.3. The molecular weight excluding hydrogens is 634 g/mol. The van der Waals surface area contributed by atoms with Gasteiger partial charge in [-0.05, 0) is 42.0 Å². The highest BCUT2D eigenvalue weighted by Gasteiger charge is 2.49. The third-order valence-corrected chi connectivity index (χ3v) is 10.4. The molecule has 3 N–H and O–H groups in total. The van der Waals surface area contributed by atoms with Crippen LogP contribution in [0.3, 0.4) is 0 Å². The number of amides is 3. The molecule has 0 radical (unpaired) electrons. The molecule has 12 heteroatoms. The maximum atomic E-state index is 13.6. The minimum Gasteiger partial charge on any atom is -0.384 e. The van der Waals surface area contributed by atoms with E-state index in [1.54, 1.807) is 47.4 Å². The number of thiol groups is 1. The van der Waals surface area contributed by atoms with Crippen LogP contribution >= 0.6 is 24.2 Å². The zero-order chi connectivity index (χ0) is 33.0. The smallest absolute Gasteiger partial charge is 0.262 e. The van der Waals surface area contributed by atoms with Gasteiger partial charge in [0, 0.05) is 44.1 Å². The minimum atomic E-state index is -4.57. The summed E-state index contributed by atoms with van der Waals surface area (Å²) in [5.74, 6) is -1.49. The number of aliphatic hydroxyl groups is 1. The molecule has 9 nitrogen and oxygen atoms in total. The lowest BCUT2D eigenvalue weighted by Crippen LogP contribution is -2.49. The highest BCUT2D eigenvalue weighted by atomic mass is 35.5. The third kappa shape index (κ3) is 10.5. The summed E-state index contributed by atoms with van der Waals surface area (Å²) in [7, 11) is -4.57. The molecule has 2 aromatic carbocycles. The fourth-order valence-corrected chi connectivity index (χ4v) is 7.10. The molecule has 244 valence electrons. The van der Waals surface area contributed by atoms with Crippen LogP contribution in [0, 0.1) is 0 Å². The summed E-state index contributed by atoms with van der Waals surface area (Å²) in [6.45, 7) is 3.66. The Morgan fingerprint density at radius 2 is 1.69 bits per heavy atom.